The Morgan fingerprint density at radius 3 is 2.69 bits per heavy atom. The summed E-state index contributed by atoms with van der Waals surface area (Å²) in [6.07, 6.45) is 3.25. The minimum atomic E-state index is -0.593. The van der Waals surface area contributed by atoms with Gasteiger partial charge in [0, 0.05) is 6.08 Å². The number of furan rings is 1. The molecular weight excluding hydrogens is 388 g/mol. The van der Waals surface area contributed by atoms with Crippen LogP contribution in [0.4, 0.5) is 0 Å². The molecule has 7 heteroatoms. The molecule has 0 bridgehead atoms. The molecule has 1 aliphatic heterocycles. The molecule has 0 spiro atoms. The van der Waals surface area contributed by atoms with Crippen molar-refractivity contribution in [1.29, 1.82) is 0 Å². The van der Waals surface area contributed by atoms with E-state index in [1.54, 1.807) is 42.9 Å². The summed E-state index contributed by atoms with van der Waals surface area (Å²) in [5.41, 5.74) is 2.65. The molecule has 29 heavy (non-hydrogen) atoms. The van der Waals surface area contributed by atoms with Gasteiger partial charge in [0.25, 0.3) is 5.56 Å². The monoisotopic (exact) mass is 408 g/mol. The molecule has 0 radical (unpaired) electrons. The first kappa shape index (κ1) is 19.1. The molecule has 0 amide bonds. The fourth-order valence-electron chi connectivity index (χ4n) is 3.36. The summed E-state index contributed by atoms with van der Waals surface area (Å²) in [5.74, 6) is 0.128. The molecule has 1 aromatic carbocycles. The van der Waals surface area contributed by atoms with Crippen LogP contribution in [0.3, 0.4) is 0 Å². The van der Waals surface area contributed by atoms with Gasteiger partial charge in [0.05, 0.1) is 34.7 Å². The van der Waals surface area contributed by atoms with Crippen LogP contribution >= 0.6 is 11.3 Å². The fourth-order valence-corrected chi connectivity index (χ4v) is 4.38. The zero-order valence-corrected chi connectivity index (χ0v) is 17.2. The van der Waals surface area contributed by atoms with Crippen molar-refractivity contribution in [3.05, 3.63) is 90.5 Å². The predicted molar refractivity (Wildman–Crippen MR) is 110 cm³/mol. The number of hydrogen-bond donors (Lipinski definition) is 0. The lowest BCUT2D eigenvalue weighted by atomic mass is 9.95. The van der Waals surface area contributed by atoms with Crippen LogP contribution in [0, 0.1) is 6.92 Å². The van der Waals surface area contributed by atoms with E-state index in [0.717, 1.165) is 11.1 Å². The number of ether oxygens (including phenoxy) is 1. The highest BCUT2D eigenvalue weighted by Gasteiger charge is 2.33. The van der Waals surface area contributed by atoms with Crippen molar-refractivity contribution in [2.24, 2.45) is 4.99 Å². The maximum absolute atomic E-state index is 13.3. The number of fused-ring (bicyclic) bond motifs is 1. The van der Waals surface area contributed by atoms with E-state index in [4.69, 9.17) is 9.15 Å². The van der Waals surface area contributed by atoms with Gasteiger partial charge in [-0.15, -0.1) is 0 Å². The van der Waals surface area contributed by atoms with E-state index in [-0.39, 0.29) is 12.2 Å². The summed E-state index contributed by atoms with van der Waals surface area (Å²) in [7, 11) is 0. The van der Waals surface area contributed by atoms with E-state index in [0.29, 0.717) is 26.4 Å². The number of benzene rings is 1. The Balaban J connectivity index is 1.97. The lowest BCUT2D eigenvalue weighted by molar-refractivity contribution is -0.139. The van der Waals surface area contributed by atoms with Gasteiger partial charge in [-0.05, 0) is 38.5 Å². The van der Waals surface area contributed by atoms with E-state index in [9.17, 15) is 9.59 Å². The number of allylic oxidation sites excluding steroid dienone is 1. The molecule has 1 aliphatic rings. The zero-order valence-electron chi connectivity index (χ0n) is 16.3. The number of nitrogens with zero attached hydrogens (tertiary/aromatic N) is 2. The molecule has 148 valence electrons. The molecule has 4 rings (SSSR count). The molecule has 0 saturated heterocycles. The molecule has 6 nitrogen and oxygen atoms in total. The van der Waals surface area contributed by atoms with Crippen LogP contribution in [0.5, 0.6) is 0 Å². The SMILES string of the molecule is CCOC(=O)C1=C(C)N=c2s/c(=C/c3ccco3)c(=O)n2[C@H]1c1ccc(C)cc1. The summed E-state index contributed by atoms with van der Waals surface area (Å²) in [6.45, 7) is 5.77. The van der Waals surface area contributed by atoms with Crippen molar-refractivity contribution in [2.75, 3.05) is 6.61 Å². The summed E-state index contributed by atoms with van der Waals surface area (Å²) in [4.78, 5) is 31.1. The van der Waals surface area contributed by atoms with E-state index >= 15 is 0 Å². The lowest BCUT2D eigenvalue weighted by Crippen LogP contribution is -2.39. The Morgan fingerprint density at radius 1 is 1.28 bits per heavy atom. The molecule has 0 N–H and O–H groups in total. The Labute approximate surface area is 171 Å². The van der Waals surface area contributed by atoms with E-state index in [1.165, 1.54) is 11.3 Å². The van der Waals surface area contributed by atoms with Gasteiger partial charge in [0.1, 0.15) is 5.76 Å². The van der Waals surface area contributed by atoms with E-state index < -0.39 is 12.0 Å². The van der Waals surface area contributed by atoms with E-state index in [1.807, 2.05) is 31.2 Å². The topological polar surface area (TPSA) is 73.8 Å². The van der Waals surface area contributed by atoms with Gasteiger partial charge in [0.2, 0.25) is 0 Å². The zero-order chi connectivity index (χ0) is 20.5. The number of rotatable bonds is 4. The van der Waals surface area contributed by atoms with Crippen LogP contribution in [0.15, 0.2) is 68.1 Å². The van der Waals surface area contributed by atoms with Gasteiger partial charge in [-0.2, -0.15) is 0 Å². The Hall–Kier alpha value is -3.19. The second kappa shape index (κ2) is 7.67. The first-order valence-electron chi connectivity index (χ1n) is 9.29. The van der Waals surface area contributed by atoms with Crippen LogP contribution in [0.25, 0.3) is 6.08 Å². The summed E-state index contributed by atoms with van der Waals surface area (Å²) in [5, 5.41) is 0. The summed E-state index contributed by atoms with van der Waals surface area (Å²) < 4.78 is 12.7. The van der Waals surface area contributed by atoms with Crippen LogP contribution in [-0.4, -0.2) is 17.1 Å². The number of aryl methyl sites for hydroxylation is 1. The first-order chi connectivity index (χ1) is 14.0. The minimum Gasteiger partial charge on any atom is -0.465 e. The average molecular weight is 408 g/mol. The molecule has 0 fully saturated rings. The average Bonchev–Trinajstić information content (AvgIpc) is 3.30. The number of esters is 1. The number of thiazole rings is 1. The third-order valence-corrected chi connectivity index (χ3v) is 5.71. The smallest absolute Gasteiger partial charge is 0.338 e. The highest BCUT2D eigenvalue weighted by atomic mass is 32.1. The molecular formula is C22H20N2O4S. The number of aromatic nitrogens is 1. The lowest BCUT2D eigenvalue weighted by Gasteiger charge is -2.24. The quantitative estimate of drug-likeness (QED) is 0.622. The second-order valence-corrected chi connectivity index (χ2v) is 7.74. The third-order valence-electron chi connectivity index (χ3n) is 4.73. The van der Waals surface area contributed by atoms with Crippen molar-refractivity contribution in [3.8, 4) is 0 Å². The van der Waals surface area contributed by atoms with Gasteiger partial charge in [-0.3, -0.25) is 9.36 Å². The fraction of sp³-hybridized carbons (Fsp3) is 0.227. The van der Waals surface area contributed by atoms with Crippen LogP contribution in [0.1, 0.15) is 36.8 Å². The molecule has 0 saturated carbocycles. The Kier molecular flexibility index (Phi) is 5.07. The van der Waals surface area contributed by atoms with Crippen molar-refractivity contribution >= 4 is 23.4 Å². The van der Waals surface area contributed by atoms with Gasteiger partial charge in [-0.1, -0.05) is 41.2 Å². The summed E-state index contributed by atoms with van der Waals surface area (Å²) in [6, 6.07) is 10.7. The Bertz CT molecular complexity index is 1260. The highest BCUT2D eigenvalue weighted by Crippen LogP contribution is 2.30. The van der Waals surface area contributed by atoms with Crippen LogP contribution < -0.4 is 14.9 Å². The van der Waals surface area contributed by atoms with Crippen molar-refractivity contribution in [1.82, 2.24) is 4.57 Å². The van der Waals surface area contributed by atoms with Gasteiger partial charge >= 0.3 is 5.97 Å². The third kappa shape index (κ3) is 3.49. The van der Waals surface area contributed by atoms with Crippen molar-refractivity contribution < 1.29 is 13.9 Å². The summed E-state index contributed by atoms with van der Waals surface area (Å²) >= 11 is 1.27. The van der Waals surface area contributed by atoms with Crippen LogP contribution in [0.2, 0.25) is 0 Å². The molecule has 2 aromatic heterocycles. The van der Waals surface area contributed by atoms with Gasteiger partial charge < -0.3 is 9.15 Å². The normalized spacial score (nSPS) is 16.5. The number of carbonyl (C=O) groups excluding carboxylic acids is 1. The largest absolute Gasteiger partial charge is 0.465 e. The van der Waals surface area contributed by atoms with Crippen molar-refractivity contribution in [3.63, 3.8) is 0 Å². The minimum absolute atomic E-state index is 0.218. The molecule has 1 atom stereocenters. The highest BCUT2D eigenvalue weighted by molar-refractivity contribution is 7.07. The van der Waals surface area contributed by atoms with Crippen LogP contribution in [-0.2, 0) is 9.53 Å². The molecule has 0 unspecified atom stereocenters. The molecule has 3 heterocycles. The predicted octanol–water partition coefficient (Wildman–Crippen LogP) is 2.70. The van der Waals surface area contributed by atoms with Gasteiger partial charge in [-0.25, -0.2) is 9.79 Å². The maximum Gasteiger partial charge on any atom is 0.338 e. The number of hydrogen-bond acceptors (Lipinski definition) is 6. The Morgan fingerprint density at radius 2 is 2.03 bits per heavy atom. The second-order valence-electron chi connectivity index (χ2n) is 6.73. The molecule has 0 aliphatic carbocycles. The maximum atomic E-state index is 13.3. The van der Waals surface area contributed by atoms with E-state index in [2.05, 4.69) is 4.99 Å². The standard InChI is InChI=1S/C22H20N2O4S/c1-4-27-21(26)18-14(3)23-22-24(19(18)15-9-7-13(2)8-10-15)20(25)17(29-22)12-16-6-5-11-28-16/h5-12,19H,4H2,1-3H3/b17-12+/t19-/m0/s1. The number of carbonyl (C=O) groups is 1. The molecule has 3 aromatic rings. The van der Waals surface area contributed by atoms with Gasteiger partial charge in [0.15, 0.2) is 4.80 Å². The van der Waals surface area contributed by atoms with Crippen molar-refractivity contribution in [2.45, 2.75) is 26.8 Å². The first-order valence-corrected chi connectivity index (χ1v) is 10.1.